The molecule has 6 nitrogen and oxygen atoms in total. The molecule has 1 aromatic carbocycles. The molecule has 0 bridgehead atoms. The van der Waals surface area contributed by atoms with Gasteiger partial charge in [0.05, 0.1) is 12.7 Å². The summed E-state index contributed by atoms with van der Waals surface area (Å²) in [6.07, 6.45) is 3.05. The Labute approximate surface area is 123 Å². The summed E-state index contributed by atoms with van der Waals surface area (Å²) in [6.45, 7) is 4.52. The number of hydrogen-bond donors (Lipinski definition) is 2. The van der Waals surface area contributed by atoms with Crippen molar-refractivity contribution >= 4 is 17.4 Å². The summed E-state index contributed by atoms with van der Waals surface area (Å²) in [7, 11) is 0. The van der Waals surface area contributed by atoms with Crippen LogP contribution in [0.3, 0.4) is 0 Å². The summed E-state index contributed by atoms with van der Waals surface area (Å²) in [5.74, 6) is -0.274. The van der Waals surface area contributed by atoms with Crippen molar-refractivity contribution in [2.45, 2.75) is 26.6 Å². The van der Waals surface area contributed by atoms with Crippen LogP contribution in [-0.2, 0) is 11.3 Å². The Balaban J connectivity index is 2.00. The number of nitrogens with one attached hydrogen (secondary N) is 1. The molecule has 0 fully saturated rings. The van der Waals surface area contributed by atoms with Crippen LogP contribution in [0, 0.1) is 0 Å². The van der Waals surface area contributed by atoms with Crippen LogP contribution in [-0.4, -0.2) is 22.0 Å². The fourth-order valence-electron chi connectivity index (χ4n) is 1.66. The molecule has 0 saturated heterocycles. The van der Waals surface area contributed by atoms with Crippen molar-refractivity contribution in [1.82, 2.24) is 9.97 Å². The Kier molecular flexibility index (Phi) is 4.84. The number of carbonyl (C=O) groups excluding carboxylic acids is 1. The zero-order chi connectivity index (χ0) is 15.2. The van der Waals surface area contributed by atoms with E-state index in [0.717, 1.165) is 5.56 Å². The summed E-state index contributed by atoms with van der Waals surface area (Å²) < 4.78 is 5.51. The maximum Gasteiger partial charge on any atom is 0.278 e. The molecule has 1 heterocycles. The van der Waals surface area contributed by atoms with E-state index in [-0.39, 0.29) is 23.5 Å². The molecule has 3 N–H and O–H groups in total. The summed E-state index contributed by atoms with van der Waals surface area (Å²) in [6, 6.07) is 7.42. The first-order valence-electron chi connectivity index (χ1n) is 6.64. The normalized spacial score (nSPS) is 10.6. The third-order valence-corrected chi connectivity index (χ3v) is 2.74. The summed E-state index contributed by atoms with van der Waals surface area (Å²) in [5.41, 5.74) is 7.44. The van der Waals surface area contributed by atoms with E-state index in [2.05, 4.69) is 15.3 Å². The zero-order valence-corrected chi connectivity index (χ0v) is 12.0. The number of nitrogen functional groups attached to an aromatic ring is 1. The number of aromatic nitrogens is 2. The van der Waals surface area contributed by atoms with Gasteiger partial charge in [0, 0.05) is 18.1 Å². The van der Waals surface area contributed by atoms with Gasteiger partial charge in [0.25, 0.3) is 5.91 Å². The number of ether oxygens (including phenoxy) is 1. The fourth-order valence-corrected chi connectivity index (χ4v) is 1.66. The van der Waals surface area contributed by atoms with Crippen LogP contribution in [0.5, 0.6) is 0 Å². The van der Waals surface area contributed by atoms with Gasteiger partial charge in [-0.15, -0.1) is 0 Å². The molecule has 0 atom stereocenters. The highest BCUT2D eigenvalue weighted by Crippen LogP contribution is 2.13. The predicted octanol–water partition coefficient (Wildman–Crippen LogP) is 2.24. The topological polar surface area (TPSA) is 90.1 Å². The number of carbonyl (C=O) groups is 1. The lowest BCUT2D eigenvalue weighted by molar-refractivity contribution is 0.0657. The standard InChI is InChI=1S/C15H18N4O2/c1-10(2)21-9-11-3-5-12(6-4-11)19-15(20)13-14(16)18-8-7-17-13/h3-8,10H,9H2,1-2H3,(H2,16,18)(H,19,20). The Morgan fingerprint density at radius 1 is 1.24 bits per heavy atom. The van der Waals surface area contributed by atoms with Gasteiger partial charge in [0.15, 0.2) is 11.5 Å². The van der Waals surface area contributed by atoms with Crippen molar-refractivity contribution in [3.05, 3.63) is 47.9 Å². The Morgan fingerprint density at radius 2 is 1.90 bits per heavy atom. The highest BCUT2D eigenvalue weighted by atomic mass is 16.5. The van der Waals surface area contributed by atoms with Gasteiger partial charge in [-0.05, 0) is 31.5 Å². The lowest BCUT2D eigenvalue weighted by atomic mass is 10.2. The zero-order valence-electron chi connectivity index (χ0n) is 12.0. The van der Waals surface area contributed by atoms with Crippen molar-refractivity contribution in [3.63, 3.8) is 0 Å². The van der Waals surface area contributed by atoms with E-state index in [1.165, 1.54) is 12.4 Å². The first kappa shape index (κ1) is 14.9. The van der Waals surface area contributed by atoms with E-state index < -0.39 is 0 Å². The molecule has 1 aromatic heterocycles. The molecule has 0 aliphatic heterocycles. The molecule has 6 heteroatoms. The molecule has 0 spiro atoms. The molecule has 1 amide bonds. The van der Waals surface area contributed by atoms with E-state index in [9.17, 15) is 4.79 Å². The van der Waals surface area contributed by atoms with Crippen molar-refractivity contribution in [1.29, 1.82) is 0 Å². The molecular weight excluding hydrogens is 268 g/mol. The quantitative estimate of drug-likeness (QED) is 0.879. The second kappa shape index (κ2) is 6.81. The van der Waals surface area contributed by atoms with Crippen LogP contribution < -0.4 is 11.1 Å². The van der Waals surface area contributed by atoms with E-state index in [1.54, 1.807) is 0 Å². The molecular formula is C15H18N4O2. The van der Waals surface area contributed by atoms with Crippen molar-refractivity contribution < 1.29 is 9.53 Å². The number of nitrogens with zero attached hydrogens (tertiary/aromatic N) is 2. The van der Waals surface area contributed by atoms with Crippen LogP contribution in [0.4, 0.5) is 11.5 Å². The number of hydrogen-bond acceptors (Lipinski definition) is 5. The minimum Gasteiger partial charge on any atom is -0.382 e. The molecule has 0 saturated carbocycles. The fraction of sp³-hybridized carbons (Fsp3) is 0.267. The van der Waals surface area contributed by atoms with Gasteiger partial charge >= 0.3 is 0 Å². The summed E-state index contributed by atoms with van der Waals surface area (Å²) in [4.78, 5) is 19.8. The smallest absolute Gasteiger partial charge is 0.278 e. The van der Waals surface area contributed by atoms with Crippen LogP contribution in [0.1, 0.15) is 29.9 Å². The van der Waals surface area contributed by atoms with Crippen LogP contribution in [0.2, 0.25) is 0 Å². The number of benzene rings is 1. The highest BCUT2D eigenvalue weighted by molar-refractivity contribution is 6.05. The maximum atomic E-state index is 12.0. The first-order chi connectivity index (χ1) is 10.1. The van der Waals surface area contributed by atoms with E-state index in [4.69, 9.17) is 10.5 Å². The van der Waals surface area contributed by atoms with Gasteiger partial charge in [-0.3, -0.25) is 4.79 Å². The second-order valence-corrected chi connectivity index (χ2v) is 4.80. The number of anilines is 2. The largest absolute Gasteiger partial charge is 0.382 e. The van der Waals surface area contributed by atoms with Crippen molar-refractivity contribution in [2.24, 2.45) is 0 Å². The Morgan fingerprint density at radius 3 is 2.52 bits per heavy atom. The maximum absolute atomic E-state index is 12.0. The van der Waals surface area contributed by atoms with Gasteiger partial charge < -0.3 is 15.8 Å². The van der Waals surface area contributed by atoms with Crippen LogP contribution in [0.15, 0.2) is 36.7 Å². The van der Waals surface area contributed by atoms with Gasteiger partial charge in [-0.1, -0.05) is 12.1 Å². The van der Waals surface area contributed by atoms with E-state index in [1.807, 2.05) is 38.1 Å². The Hall–Kier alpha value is -2.47. The van der Waals surface area contributed by atoms with Gasteiger partial charge in [-0.2, -0.15) is 0 Å². The van der Waals surface area contributed by atoms with Gasteiger partial charge in [0.1, 0.15) is 0 Å². The number of nitrogens with two attached hydrogens (primary N) is 1. The lowest BCUT2D eigenvalue weighted by Crippen LogP contribution is -2.16. The monoisotopic (exact) mass is 286 g/mol. The summed E-state index contributed by atoms with van der Waals surface area (Å²) in [5, 5.41) is 2.73. The summed E-state index contributed by atoms with van der Waals surface area (Å²) >= 11 is 0. The van der Waals surface area contributed by atoms with Gasteiger partial charge in [-0.25, -0.2) is 9.97 Å². The number of rotatable bonds is 5. The van der Waals surface area contributed by atoms with E-state index in [0.29, 0.717) is 12.3 Å². The molecule has 2 aromatic rings. The van der Waals surface area contributed by atoms with Crippen molar-refractivity contribution in [2.75, 3.05) is 11.1 Å². The van der Waals surface area contributed by atoms with Gasteiger partial charge in [0.2, 0.25) is 0 Å². The highest BCUT2D eigenvalue weighted by Gasteiger charge is 2.11. The SMILES string of the molecule is CC(C)OCc1ccc(NC(=O)c2nccnc2N)cc1. The molecule has 0 radical (unpaired) electrons. The average Bonchev–Trinajstić information content (AvgIpc) is 2.47. The third-order valence-electron chi connectivity index (χ3n) is 2.74. The van der Waals surface area contributed by atoms with Crippen molar-refractivity contribution in [3.8, 4) is 0 Å². The number of amides is 1. The third kappa shape index (κ3) is 4.25. The first-order valence-corrected chi connectivity index (χ1v) is 6.64. The second-order valence-electron chi connectivity index (χ2n) is 4.80. The average molecular weight is 286 g/mol. The van der Waals surface area contributed by atoms with Crippen LogP contribution in [0.25, 0.3) is 0 Å². The minimum atomic E-state index is -0.383. The molecule has 2 rings (SSSR count). The predicted molar refractivity (Wildman–Crippen MR) is 80.8 cm³/mol. The molecule has 0 aliphatic rings. The van der Waals surface area contributed by atoms with E-state index >= 15 is 0 Å². The molecule has 110 valence electrons. The Bertz CT molecular complexity index is 611. The molecule has 21 heavy (non-hydrogen) atoms. The van der Waals surface area contributed by atoms with Crippen LogP contribution >= 0.6 is 0 Å². The minimum absolute atomic E-state index is 0.108. The molecule has 0 unspecified atom stereocenters. The molecule has 0 aliphatic carbocycles. The lowest BCUT2D eigenvalue weighted by Gasteiger charge is -2.09.